The van der Waals surface area contributed by atoms with E-state index in [-0.39, 0.29) is 28.9 Å². The van der Waals surface area contributed by atoms with Crippen LogP contribution in [0.15, 0.2) is 0 Å². The Morgan fingerprint density at radius 2 is 1.61 bits per heavy atom. The second-order valence-electron chi connectivity index (χ2n) is 13.4. The lowest BCUT2D eigenvalue weighted by Crippen LogP contribution is -2.60. The van der Waals surface area contributed by atoms with Crippen molar-refractivity contribution in [1.29, 1.82) is 0 Å². The third-order valence-electron chi connectivity index (χ3n) is 11.2. The number of ketones is 1. The number of aliphatic hydroxyl groups excluding tert-OH is 1. The first-order valence-corrected chi connectivity index (χ1v) is 15.4. The van der Waals surface area contributed by atoms with Crippen LogP contribution in [0.25, 0.3) is 0 Å². The van der Waals surface area contributed by atoms with Crippen LogP contribution in [0.4, 0.5) is 0 Å². The zero-order valence-corrected chi connectivity index (χ0v) is 23.1. The van der Waals surface area contributed by atoms with Crippen LogP contribution in [0.2, 0.25) is 0 Å². The summed E-state index contributed by atoms with van der Waals surface area (Å²) in [5, 5.41) is 11.0. The fourth-order valence-corrected chi connectivity index (χ4v) is 9.14. The highest BCUT2D eigenvalue weighted by molar-refractivity contribution is 5.79. The van der Waals surface area contributed by atoms with E-state index < -0.39 is 0 Å². The van der Waals surface area contributed by atoms with Crippen LogP contribution in [0.5, 0.6) is 0 Å². The fraction of sp³-hybridized carbons (Fsp3) is 0.935. The molecule has 8 atom stereocenters. The number of nitrogens with two attached hydrogens (primary N) is 1. The summed E-state index contributed by atoms with van der Waals surface area (Å²) in [4.78, 5) is 23.1. The van der Waals surface area contributed by atoms with Gasteiger partial charge in [-0.3, -0.25) is 9.59 Å². The van der Waals surface area contributed by atoms with Gasteiger partial charge in [0.1, 0.15) is 5.78 Å². The second-order valence-corrected chi connectivity index (χ2v) is 13.4. The Hall–Kier alpha value is -0.940. The standard InChI is InChI=1S/C31H53NO4/c1-30-18-17-23(33)20-22(30)13-14-24-25-15-16-27(34)31(25,2)21-26(29(24)30)36-19-11-9-7-5-3-4-6-8-10-12-28(32)35/h22,24-27,29,34H,3-21H2,1-2H3,(H2,32,35)/t22-,24-,25-,26-,27-,29+,30-,31-/m0/s1. The molecule has 4 rings (SSSR count). The number of unbranched alkanes of at least 4 members (excludes halogenated alkanes) is 8. The molecule has 4 aliphatic carbocycles. The van der Waals surface area contributed by atoms with E-state index in [0.29, 0.717) is 35.9 Å². The van der Waals surface area contributed by atoms with E-state index in [1.807, 2.05) is 0 Å². The number of rotatable bonds is 13. The molecule has 0 aromatic heterocycles. The van der Waals surface area contributed by atoms with Crippen molar-refractivity contribution in [2.75, 3.05) is 6.61 Å². The average molecular weight is 504 g/mol. The molecule has 0 aromatic carbocycles. The van der Waals surface area contributed by atoms with Crippen LogP contribution in [0, 0.1) is 34.5 Å². The van der Waals surface area contributed by atoms with Gasteiger partial charge in [0.05, 0.1) is 12.2 Å². The Bertz CT molecular complexity index is 755. The molecule has 0 saturated heterocycles. The number of Topliss-reactive ketones (excluding diaryl/α,β-unsaturated/α-hetero) is 1. The number of hydrogen-bond donors (Lipinski definition) is 2. The van der Waals surface area contributed by atoms with Gasteiger partial charge >= 0.3 is 0 Å². The summed E-state index contributed by atoms with van der Waals surface area (Å²) in [6.07, 6.45) is 19.3. The highest BCUT2D eigenvalue weighted by Gasteiger charge is 2.63. The molecule has 3 N–H and O–H groups in total. The maximum absolute atomic E-state index is 12.3. The van der Waals surface area contributed by atoms with E-state index in [1.54, 1.807) is 0 Å². The van der Waals surface area contributed by atoms with Crippen molar-refractivity contribution >= 4 is 11.7 Å². The quantitative estimate of drug-likeness (QED) is 0.287. The Balaban J connectivity index is 1.25. The van der Waals surface area contributed by atoms with Crippen molar-refractivity contribution in [2.45, 2.75) is 142 Å². The molecular formula is C31H53NO4. The minimum absolute atomic E-state index is 0.00302. The minimum Gasteiger partial charge on any atom is -0.393 e. The number of fused-ring (bicyclic) bond motifs is 5. The van der Waals surface area contributed by atoms with Gasteiger partial charge in [0.25, 0.3) is 0 Å². The van der Waals surface area contributed by atoms with E-state index in [9.17, 15) is 14.7 Å². The topological polar surface area (TPSA) is 89.6 Å². The Morgan fingerprint density at radius 1 is 0.944 bits per heavy atom. The molecule has 0 aliphatic heterocycles. The van der Waals surface area contributed by atoms with Gasteiger partial charge < -0.3 is 15.6 Å². The number of aliphatic hydroxyl groups is 1. The van der Waals surface area contributed by atoms with Gasteiger partial charge in [-0.2, -0.15) is 0 Å². The van der Waals surface area contributed by atoms with Crippen molar-refractivity contribution in [3.8, 4) is 0 Å². The Morgan fingerprint density at radius 3 is 2.31 bits per heavy atom. The molecule has 0 aromatic rings. The minimum atomic E-state index is -0.191. The predicted octanol–water partition coefficient (Wildman–Crippen LogP) is 6.34. The SMILES string of the molecule is C[C@]12CCC(=O)C[C@@H]1CC[C@@H]1[C@@H]2[C@@H](OCCCCCCCCCCCC(N)=O)C[C@]2(C)[C@@H](O)CC[C@@H]12. The number of amides is 1. The zero-order valence-electron chi connectivity index (χ0n) is 23.1. The van der Waals surface area contributed by atoms with Crippen LogP contribution in [-0.4, -0.2) is 35.6 Å². The maximum Gasteiger partial charge on any atom is 0.217 e. The normalized spacial score (nSPS) is 39.9. The van der Waals surface area contributed by atoms with E-state index >= 15 is 0 Å². The Kier molecular flexibility index (Phi) is 9.58. The lowest BCUT2D eigenvalue weighted by Gasteiger charge is -2.62. The molecular weight excluding hydrogens is 450 g/mol. The monoisotopic (exact) mass is 503 g/mol. The van der Waals surface area contributed by atoms with Crippen molar-refractivity contribution < 1.29 is 19.4 Å². The molecule has 1 amide bonds. The average Bonchev–Trinajstić information content (AvgIpc) is 3.13. The van der Waals surface area contributed by atoms with Gasteiger partial charge in [0.2, 0.25) is 5.91 Å². The number of carbonyl (C=O) groups is 2. The molecule has 4 fully saturated rings. The Labute approximate surface area is 219 Å². The van der Waals surface area contributed by atoms with Gasteiger partial charge in [-0.25, -0.2) is 0 Å². The van der Waals surface area contributed by atoms with Gasteiger partial charge in [-0.05, 0) is 85.9 Å². The molecule has 0 heterocycles. The number of hydrogen-bond acceptors (Lipinski definition) is 4. The predicted molar refractivity (Wildman–Crippen MR) is 143 cm³/mol. The first kappa shape index (κ1) is 28.1. The van der Waals surface area contributed by atoms with Crippen molar-refractivity contribution in [3.63, 3.8) is 0 Å². The molecule has 0 spiro atoms. The molecule has 5 heteroatoms. The van der Waals surface area contributed by atoms with E-state index in [2.05, 4.69) is 13.8 Å². The molecule has 5 nitrogen and oxygen atoms in total. The van der Waals surface area contributed by atoms with E-state index in [0.717, 1.165) is 64.4 Å². The first-order chi connectivity index (χ1) is 17.3. The van der Waals surface area contributed by atoms with Gasteiger partial charge in [0, 0.05) is 25.9 Å². The van der Waals surface area contributed by atoms with Crippen LogP contribution < -0.4 is 5.73 Å². The fourth-order valence-electron chi connectivity index (χ4n) is 9.14. The number of ether oxygens (including phenoxy) is 1. The van der Waals surface area contributed by atoms with Crippen LogP contribution in [0.1, 0.15) is 129 Å². The maximum atomic E-state index is 12.3. The van der Waals surface area contributed by atoms with Crippen molar-refractivity contribution in [3.05, 3.63) is 0 Å². The largest absolute Gasteiger partial charge is 0.393 e. The highest BCUT2D eigenvalue weighted by atomic mass is 16.5. The van der Waals surface area contributed by atoms with Gasteiger partial charge in [0.15, 0.2) is 0 Å². The molecule has 36 heavy (non-hydrogen) atoms. The summed E-state index contributed by atoms with van der Waals surface area (Å²) in [5.74, 6) is 2.61. The van der Waals surface area contributed by atoms with Gasteiger partial charge in [-0.15, -0.1) is 0 Å². The summed E-state index contributed by atoms with van der Waals surface area (Å²) in [7, 11) is 0. The van der Waals surface area contributed by atoms with Crippen molar-refractivity contribution in [1.82, 2.24) is 0 Å². The van der Waals surface area contributed by atoms with E-state index in [1.165, 1.54) is 51.4 Å². The summed E-state index contributed by atoms with van der Waals surface area (Å²) < 4.78 is 6.77. The third-order valence-corrected chi connectivity index (χ3v) is 11.2. The molecule has 0 radical (unpaired) electrons. The summed E-state index contributed by atoms with van der Waals surface area (Å²) >= 11 is 0. The molecule has 4 saturated carbocycles. The summed E-state index contributed by atoms with van der Waals surface area (Å²) in [6.45, 7) is 5.66. The van der Waals surface area contributed by atoms with Crippen molar-refractivity contribution in [2.24, 2.45) is 40.2 Å². The third kappa shape index (κ3) is 6.03. The summed E-state index contributed by atoms with van der Waals surface area (Å²) in [5.41, 5.74) is 5.41. The number of carbonyl (C=O) groups excluding carboxylic acids is 2. The lowest BCUT2D eigenvalue weighted by atomic mass is 9.44. The van der Waals surface area contributed by atoms with E-state index in [4.69, 9.17) is 10.5 Å². The smallest absolute Gasteiger partial charge is 0.217 e. The molecule has 0 bridgehead atoms. The molecule has 4 aliphatic rings. The van der Waals surface area contributed by atoms with Crippen LogP contribution >= 0.6 is 0 Å². The van der Waals surface area contributed by atoms with Gasteiger partial charge in [-0.1, -0.05) is 58.8 Å². The van der Waals surface area contributed by atoms with Crippen LogP contribution in [0.3, 0.4) is 0 Å². The van der Waals surface area contributed by atoms with Crippen LogP contribution in [-0.2, 0) is 14.3 Å². The number of primary amides is 1. The molecule has 206 valence electrons. The summed E-state index contributed by atoms with van der Waals surface area (Å²) in [6, 6.07) is 0. The first-order valence-electron chi connectivity index (χ1n) is 15.4. The zero-order chi connectivity index (χ0) is 25.8. The lowest BCUT2D eigenvalue weighted by molar-refractivity contribution is -0.192. The highest BCUT2D eigenvalue weighted by Crippen LogP contribution is 2.66. The molecule has 0 unspecified atom stereocenters. The second kappa shape index (κ2) is 12.3.